The molecule has 0 aromatic heterocycles. The van der Waals surface area contributed by atoms with Gasteiger partial charge in [0.15, 0.2) is 11.5 Å². The molecule has 2 unspecified atom stereocenters. The Morgan fingerprint density at radius 2 is 2.05 bits per heavy atom. The van der Waals surface area contributed by atoms with Crippen LogP contribution in [0.15, 0.2) is 18.2 Å². The summed E-state index contributed by atoms with van der Waals surface area (Å²) in [5, 5.41) is 10.3. The molecule has 0 saturated carbocycles. The van der Waals surface area contributed by atoms with Gasteiger partial charge in [-0.1, -0.05) is 19.9 Å². The average Bonchev–Trinajstić information content (AvgIpc) is 2.86. The van der Waals surface area contributed by atoms with E-state index >= 15 is 0 Å². The quantitative estimate of drug-likeness (QED) is 0.837. The maximum Gasteiger partial charge on any atom is 0.316 e. The van der Waals surface area contributed by atoms with E-state index in [1.807, 2.05) is 13.8 Å². The topological polar surface area (TPSA) is 65.0 Å². The second-order valence-corrected chi connectivity index (χ2v) is 5.08. The highest BCUT2D eigenvalue weighted by atomic mass is 16.7. The molecule has 0 fully saturated rings. The largest absolute Gasteiger partial charge is 0.465 e. The lowest BCUT2D eigenvalue weighted by Gasteiger charge is -2.24. The minimum absolute atomic E-state index is 0.0603. The van der Waals surface area contributed by atoms with Crippen molar-refractivity contribution >= 4 is 5.97 Å². The van der Waals surface area contributed by atoms with Crippen LogP contribution in [0.5, 0.6) is 11.5 Å². The van der Waals surface area contributed by atoms with Crippen LogP contribution in [0.1, 0.15) is 32.3 Å². The van der Waals surface area contributed by atoms with E-state index in [9.17, 15) is 9.90 Å². The molecule has 2 atom stereocenters. The molecule has 1 N–H and O–H groups in total. The van der Waals surface area contributed by atoms with Crippen LogP contribution in [-0.4, -0.2) is 30.6 Å². The smallest absolute Gasteiger partial charge is 0.316 e. The summed E-state index contributed by atoms with van der Waals surface area (Å²) in [5.74, 6) is 0.0370. The third-order valence-corrected chi connectivity index (χ3v) is 3.32. The zero-order valence-corrected chi connectivity index (χ0v) is 12.0. The average molecular weight is 280 g/mol. The van der Waals surface area contributed by atoms with Crippen molar-refractivity contribution in [1.82, 2.24) is 0 Å². The number of benzene rings is 1. The van der Waals surface area contributed by atoms with Crippen molar-refractivity contribution in [2.75, 3.05) is 13.4 Å². The molecule has 0 radical (unpaired) electrons. The number of hydrogen-bond acceptors (Lipinski definition) is 5. The highest BCUT2D eigenvalue weighted by molar-refractivity contribution is 5.79. The Kier molecular flexibility index (Phi) is 4.49. The van der Waals surface area contributed by atoms with E-state index < -0.39 is 18.0 Å². The first kappa shape index (κ1) is 14.7. The molecule has 1 heterocycles. The van der Waals surface area contributed by atoms with Crippen molar-refractivity contribution < 1.29 is 24.1 Å². The Morgan fingerprint density at radius 3 is 2.70 bits per heavy atom. The number of esters is 1. The predicted molar refractivity (Wildman–Crippen MR) is 72.8 cm³/mol. The SMILES string of the molecule is CCOC(=O)C(c1ccc2c(c1)OCO2)C(O)C(C)C. The third-order valence-electron chi connectivity index (χ3n) is 3.32. The molecule has 0 aliphatic carbocycles. The number of rotatable bonds is 5. The van der Waals surface area contributed by atoms with E-state index in [4.69, 9.17) is 14.2 Å². The van der Waals surface area contributed by atoms with E-state index in [0.29, 0.717) is 17.1 Å². The minimum Gasteiger partial charge on any atom is -0.465 e. The number of ether oxygens (including phenoxy) is 3. The Labute approximate surface area is 118 Å². The van der Waals surface area contributed by atoms with Gasteiger partial charge in [0.25, 0.3) is 0 Å². The van der Waals surface area contributed by atoms with Crippen LogP contribution >= 0.6 is 0 Å². The normalized spacial score (nSPS) is 16.1. The minimum atomic E-state index is -0.811. The van der Waals surface area contributed by atoms with Crippen molar-refractivity contribution in [1.29, 1.82) is 0 Å². The Bertz CT molecular complexity index is 483. The lowest BCUT2D eigenvalue weighted by atomic mass is 9.87. The number of carbonyl (C=O) groups excluding carboxylic acids is 1. The fourth-order valence-corrected chi connectivity index (χ4v) is 2.20. The molecule has 1 aliphatic heterocycles. The molecular weight excluding hydrogens is 260 g/mol. The van der Waals surface area contributed by atoms with Crippen LogP contribution < -0.4 is 9.47 Å². The molecule has 1 aromatic carbocycles. The summed E-state index contributed by atoms with van der Waals surface area (Å²) in [4.78, 5) is 12.1. The highest BCUT2D eigenvalue weighted by Crippen LogP contribution is 2.36. The molecule has 0 amide bonds. The van der Waals surface area contributed by atoms with E-state index in [0.717, 1.165) is 0 Å². The summed E-state index contributed by atoms with van der Waals surface area (Å²) in [6, 6.07) is 5.24. The van der Waals surface area contributed by atoms with E-state index in [2.05, 4.69) is 0 Å². The Morgan fingerprint density at radius 1 is 1.35 bits per heavy atom. The van der Waals surface area contributed by atoms with Gasteiger partial charge in [0.2, 0.25) is 6.79 Å². The Hall–Kier alpha value is -1.75. The van der Waals surface area contributed by atoms with Crippen LogP contribution in [0.2, 0.25) is 0 Å². The monoisotopic (exact) mass is 280 g/mol. The Balaban J connectivity index is 2.32. The maximum atomic E-state index is 12.1. The molecule has 0 spiro atoms. The molecule has 110 valence electrons. The van der Waals surface area contributed by atoms with Crippen LogP contribution in [0, 0.1) is 5.92 Å². The van der Waals surface area contributed by atoms with Crippen molar-refractivity contribution in [2.45, 2.75) is 32.8 Å². The first-order chi connectivity index (χ1) is 9.54. The fraction of sp³-hybridized carbons (Fsp3) is 0.533. The van der Waals surface area contributed by atoms with Gasteiger partial charge in [-0.25, -0.2) is 0 Å². The molecular formula is C15H20O5. The number of carbonyl (C=O) groups is 1. The summed E-state index contributed by atoms with van der Waals surface area (Å²) >= 11 is 0. The standard InChI is InChI=1S/C15H20O5/c1-4-18-15(17)13(14(16)9(2)3)10-5-6-11-12(7-10)20-8-19-11/h5-7,9,13-14,16H,4,8H2,1-3H3. The van der Waals surface area contributed by atoms with Gasteiger partial charge < -0.3 is 19.3 Å². The van der Waals surface area contributed by atoms with Crippen LogP contribution in [0.25, 0.3) is 0 Å². The lowest BCUT2D eigenvalue weighted by molar-refractivity contribution is -0.148. The first-order valence-electron chi connectivity index (χ1n) is 6.78. The first-order valence-corrected chi connectivity index (χ1v) is 6.78. The van der Waals surface area contributed by atoms with Gasteiger partial charge in [-0.2, -0.15) is 0 Å². The molecule has 0 bridgehead atoms. The molecule has 1 aromatic rings. The summed E-state index contributed by atoms with van der Waals surface area (Å²) in [7, 11) is 0. The highest BCUT2D eigenvalue weighted by Gasteiger charge is 2.33. The van der Waals surface area contributed by atoms with Crippen LogP contribution in [0.4, 0.5) is 0 Å². The van der Waals surface area contributed by atoms with Gasteiger partial charge in [-0.05, 0) is 30.5 Å². The van der Waals surface area contributed by atoms with Gasteiger partial charge in [0.05, 0.1) is 12.7 Å². The summed E-state index contributed by atoms with van der Waals surface area (Å²) in [6.45, 7) is 5.93. The summed E-state index contributed by atoms with van der Waals surface area (Å²) in [6.07, 6.45) is -0.811. The predicted octanol–water partition coefficient (Wildman–Crippen LogP) is 2.08. The molecule has 0 saturated heterocycles. The number of aliphatic hydroxyl groups is 1. The summed E-state index contributed by atoms with van der Waals surface area (Å²) in [5.41, 5.74) is 0.675. The second-order valence-electron chi connectivity index (χ2n) is 5.08. The molecule has 1 aliphatic rings. The van der Waals surface area contributed by atoms with Crippen LogP contribution in [0.3, 0.4) is 0 Å². The van der Waals surface area contributed by atoms with Gasteiger partial charge in [0, 0.05) is 0 Å². The second kappa shape index (κ2) is 6.13. The van der Waals surface area contributed by atoms with E-state index in [1.54, 1.807) is 25.1 Å². The van der Waals surface area contributed by atoms with Crippen molar-refractivity contribution in [3.8, 4) is 11.5 Å². The zero-order valence-electron chi connectivity index (χ0n) is 12.0. The van der Waals surface area contributed by atoms with Crippen LogP contribution in [-0.2, 0) is 9.53 Å². The third kappa shape index (κ3) is 2.88. The molecule has 5 heteroatoms. The number of hydrogen-bond donors (Lipinski definition) is 1. The molecule has 20 heavy (non-hydrogen) atoms. The number of aliphatic hydroxyl groups excluding tert-OH is 1. The fourth-order valence-electron chi connectivity index (χ4n) is 2.20. The van der Waals surface area contributed by atoms with Crippen molar-refractivity contribution in [3.63, 3.8) is 0 Å². The van der Waals surface area contributed by atoms with Gasteiger partial charge >= 0.3 is 5.97 Å². The van der Waals surface area contributed by atoms with Gasteiger partial charge in [-0.3, -0.25) is 4.79 Å². The molecule has 2 rings (SSSR count). The molecule has 5 nitrogen and oxygen atoms in total. The number of fused-ring (bicyclic) bond motifs is 1. The zero-order chi connectivity index (χ0) is 14.7. The van der Waals surface area contributed by atoms with E-state index in [-0.39, 0.29) is 19.3 Å². The van der Waals surface area contributed by atoms with Crippen molar-refractivity contribution in [3.05, 3.63) is 23.8 Å². The van der Waals surface area contributed by atoms with Gasteiger partial charge in [0.1, 0.15) is 5.92 Å². The van der Waals surface area contributed by atoms with E-state index in [1.165, 1.54) is 0 Å². The summed E-state index contributed by atoms with van der Waals surface area (Å²) < 4.78 is 15.6. The maximum absolute atomic E-state index is 12.1. The van der Waals surface area contributed by atoms with Crippen molar-refractivity contribution in [2.24, 2.45) is 5.92 Å². The van der Waals surface area contributed by atoms with Gasteiger partial charge in [-0.15, -0.1) is 0 Å². The lowest BCUT2D eigenvalue weighted by Crippen LogP contribution is -2.31.